The number of fused-ring (bicyclic) bond motifs is 5. The normalized spacial score (nSPS) is 11.6. The molecule has 0 spiro atoms. The smallest absolute Gasteiger partial charge is 0.159 e. The second kappa shape index (κ2) is 9.49. The SMILES string of the molecule is Cn1nc(-c2ccccc2)c2c3c(-c4ccccc4)nc4c(c(-c5ccccc5)nn4C)c3c(-c3ccccc3)nc21. The van der Waals surface area contributed by atoms with E-state index in [1.54, 1.807) is 0 Å². The maximum atomic E-state index is 5.38. The van der Waals surface area contributed by atoms with Gasteiger partial charge in [-0.2, -0.15) is 10.2 Å². The molecule has 6 heteroatoms. The third-order valence-electron chi connectivity index (χ3n) is 7.88. The van der Waals surface area contributed by atoms with Crippen molar-refractivity contribution in [3.63, 3.8) is 0 Å². The molecule has 4 heterocycles. The molecule has 6 nitrogen and oxygen atoms in total. The van der Waals surface area contributed by atoms with Crippen LogP contribution in [0, 0.1) is 0 Å². The molecule has 0 fully saturated rings. The fourth-order valence-electron chi connectivity index (χ4n) is 6.00. The Morgan fingerprint density at radius 1 is 0.357 bits per heavy atom. The average Bonchev–Trinajstić information content (AvgIpc) is 3.58. The highest BCUT2D eigenvalue weighted by Gasteiger charge is 2.27. The summed E-state index contributed by atoms with van der Waals surface area (Å²) in [6, 6.07) is 41.5. The summed E-state index contributed by atoms with van der Waals surface area (Å²) in [5.41, 5.74) is 9.28. The van der Waals surface area contributed by atoms with Crippen LogP contribution in [0.2, 0.25) is 0 Å². The monoisotopic (exact) mass is 542 g/mol. The third-order valence-corrected chi connectivity index (χ3v) is 7.88. The van der Waals surface area contributed by atoms with Crippen molar-refractivity contribution in [2.24, 2.45) is 14.1 Å². The molecule has 0 radical (unpaired) electrons. The van der Waals surface area contributed by atoms with Crippen molar-refractivity contribution in [1.82, 2.24) is 29.5 Å². The van der Waals surface area contributed by atoms with Crippen LogP contribution in [-0.2, 0) is 14.1 Å². The Labute approximate surface area is 242 Å². The first-order valence-electron chi connectivity index (χ1n) is 14.0. The van der Waals surface area contributed by atoms with Crippen molar-refractivity contribution in [3.05, 3.63) is 121 Å². The first kappa shape index (κ1) is 24.2. The zero-order valence-corrected chi connectivity index (χ0v) is 23.2. The molecule has 0 atom stereocenters. The predicted octanol–water partition coefficient (Wildman–Crippen LogP) is 8.07. The van der Waals surface area contributed by atoms with Crippen LogP contribution in [0.1, 0.15) is 0 Å². The van der Waals surface area contributed by atoms with E-state index in [0.717, 1.165) is 77.9 Å². The molecule has 8 rings (SSSR count). The Balaban J connectivity index is 1.68. The minimum absolute atomic E-state index is 0.809. The maximum Gasteiger partial charge on any atom is 0.159 e. The molecular formula is C36H26N6. The first-order valence-corrected chi connectivity index (χ1v) is 14.0. The van der Waals surface area contributed by atoms with E-state index in [1.807, 2.05) is 72.0 Å². The highest BCUT2D eigenvalue weighted by atomic mass is 15.3. The first-order chi connectivity index (χ1) is 20.7. The Bertz CT molecular complexity index is 2070. The fraction of sp³-hybridized carbons (Fsp3) is 0.0556. The van der Waals surface area contributed by atoms with E-state index in [-0.39, 0.29) is 0 Å². The van der Waals surface area contributed by atoms with Crippen LogP contribution in [0.4, 0.5) is 0 Å². The van der Waals surface area contributed by atoms with Gasteiger partial charge >= 0.3 is 0 Å². The van der Waals surface area contributed by atoms with Crippen LogP contribution < -0.4 is 0 Å². The summed E-state index contributed by atoms with van der Waals surface area (Å²) in [5.74, 6) is 0. The molecule has 0 unspecified atom stereocenters. The largest absolute Gasteiger partial charge is 0.250 e. The maximum absolute atomic E-state index is 5.38. The Hall–Kier alpha value is -5.62. The zero-order valence-electron chi connectivity index (χ0n) is 23.2. The minimum atomic E-state index is 0.809. The minimum Gasteiger partial charge on any atom is -0.250 e. The van der Waals surface area contributed by atoms with Crippen molar-refractivity contribution >= 4 is 32.8 Å². The highest BCUT2D eigenvalue weighted by Crippen LogP contribution is 2.46. The summed E-state index contributed by atoms with van der Waals surface area (Å²) in [4.78, 5) is 10.8. The van der Waals surface area contributed by atoms with Gasteiger partial charge in [-0.25, -0.2) is 19.3 Å². The number of benzene rings is 4. The van der Waals surface area contributed by atoms with Crippen LogP contribution in [0.25, 0.3) is 77.9 Å². The molecule has 0 bridgehead atoms. The molecule has 4 aromatic carbocycles. The number of nitrogens with zero attached hydrogens (tertiary/aromatic N) is 6. The van der Waals surface area contributed by atoms with E-state index in [0.29, 0.717) is 0 Å². The fourth-order valence-corrected chi connectivity index (χ4v) is 6.00. The van der Waals surface area contributed by atoms with Crippen LogP contribution in [0.5, 0.6) is 0 Å². The van der Waals surface area contributed by atoms with Gasteiger partial charge in [-0.3, -0.25) is 0 Å². The number of hydrogen-bond acceptors (Lipinski definition) is 4. The zero-order chi connectivity index (χ0) is 28.2. The van der Waals surface area contributed by atoms with Gasteiger partial charge in [0.05, 0.1) is 22.2 Å². The van der Waals surface area contributed by atoms with Crippen molar-refractivity contribution in [1.29, 1.82) is 0 Å². The van der Waals surface area contributed by atoms with Gasteiger partial charge in [0.1, 0.15) is 11.4 Å². The lowest BCUT2D eigenvalue weighted by Crippen LogP contribution is -1.99. The highest BCUT2D eigenvalue weighted by molar-refractivity contribution is 6.28. The lowest BCUT2D eigenvalue weighted by atomic mass is 9.93. The van der Waals surface area contributed by atoms with Gasteiger partial charge in [-0.15, -0.1) is 0 Å². The Kier molecular flexibility index (Phi) is 5.47. The van der Waals surface area contributed by atoms with Crippen molar-refractivity contribution in [2.45, 2.75) is 0 Å². The molecule has 8 aromatic rings. The topological polar surface area (TPSA) is 61.4 Å². The van der Waals surface area contributed by atoms with Crippen LogP contribution in [0.15, 0.2) is 121 Å². The van der Waals surface area contributed by atoms with Crippen molar-refractivity contribution in [3.8, 4) is 45.0 Å². The molecular weight excluding hydrogens is 516 g/mol. The lowest BCUT2D eigenvalue weighted by Gasteiger charge is -2.15. The summed E-state index contributed by atoms with van der Waals surface area (Å²) in [5, 5.41) is 14.1. The molecule has 200 valence electrons. The summed E-state index contributed by atoms with van der Waals surface area (Å²) < 4.78 is 3.79. The van der Waals surface area contributed by atoms with E-state index in [9.17, 15) is 0 Å². The predicted molar refractivity (Wildman–Crippen MR) is 170 cm³/mol. The molecule has 4 aromatic heterocycles. The Morgan fingerprint density at radius 3 is 0.952 bits per heavy atom. The number of pyridine rings is 2. The molecule has 0 aliphatic heterocycles. The Morgan fingerprint density at radius 2 is 0.643 bits per heavy atom. The number of aryl methyl sites for hydroxylation is 2. The standard InChI is InChI=1S/C36H26N6/c1-41-35-29(33(39-41)25-19-11-5-12-20-25)27-28(31(37-35)23-15-7-3-8-16-23)30-34(26-21-13-6-14-22-26)40-42(2)36(30)38-32(27)24-17-9-4-10-18-24/h3-22H,1-2H3. The van der Waals surface area contributed by atoms with Crippen molar-refractivity contribution < 1.29 is 0 Å². The lowest BCUT2D eigenvalue weighted by molar-refractivity contribution is 0.790. The molecule has 0 aliphatic rings. The van der Waals surface area contributed by atoms with Gasteiger partial charge in [0.2, 0.25) is 0 Å². The number of rotatable bonds is 4. The average molecular weight is 543 g/mol. The second-order valence-corrected chi connectivity index (χ2v) is 10.5. The molecule has 0 saturated carbocycles. The van der Waals surface area contributed by atoms with Crippen LogP contribution in [-0.4, -0.2) is 29.5 Å². The van der Waals surface area contributed by atoms with E-state index in [1.165, 1.54) is 0 Å². The van der Waals surface area contributed by atoms with E-state index < -0.39 is 0 Å². The van der Waals surface area contributed by atoms with Gasteiger partial charge < -0.3 is 0 Å². The van der Waals surface area contributed by atoms with Gasteiger partial charge in [-0.1, -0.05) is 121 Å². The quantitative estimate of drug-likeness (QED) is 0.226. The molecule has 0 aliphatic carbocycles. The van der Waals surface area contributed by atoms with Gasteiger partial charge in [0, 0.05) is 47.1 Å². The summed E-state index contributed by atoms with van der Waals surface area (Å²) in [6.07, 6.45) is 0. The molecule has 0 amide bonds. The van der Waals surface area contributed by atoms with Gasteiger partial charge in [0.15, 0.2) is 11.3 Å². The molecule has 42 heavy (non-hydrogen) atoms. The summed E-state index contributed by atoms with van der Waals surface area (Å²) >= 11 is 0. The van der Waals surface area contributed by atoms with Crippen molar-refractivity contribution in [2.75, 3.05) is 0 Å². The van der Waals surface area contributed by atoms with Gasteiger partial charge in [-0.05, 0) is 0 Å². The molecule has 0 N–H and O–H groups in total. The van der Waals surface area contributed by atoms with E-state index in [2.05, 4.69) is 72.8 Å². The molecule has 0 saturated heterocycles. The second-order valence-electron chi connectivity index (χ2n) is 10.5. The summed E-state index contributed by atoms with van der Waals surface area (Å²) in [6.45, 7) is 0. The third kappa shape index (κ3) is 3.65. The number of hydrogen-bond donors (Lipinski definition) is 0. The van der Waals surface area contributed by atoms with Gasteiger partial charge in [0.25, 0.3) is 0 Å². The van der Waals surface area contributed by atoms with Crippen LogP contribution >= 0.6 is 0 Å². The van der Waals surface area contributed by atoms with E-state index >= 15 is 0 Å². The van der Waals surface area contributed by atoms with Crippen LogP contribution in [0.3, 0.4) is 0 Å². The summed E-state index contributed by atoms with van der Waals surface area (Å²) in [7, 11) is 3.94. The number of aromatic nitrogens is 6. The van der Waals surface area contributed by atoms with E-state index in [4.69, 9.17) is 20.2 Å².